The number of nitrogens with one attached hydrogen (secondary N) is 2. The molecule has 1 unspecified atom stereocenters. The van der Waals surface area contributed by atoms with E-state index in [9.17, 15) is 9.59 Å². The Balaban J connectivity index is 1.79. The molecule has 2 aliphatic rings. The maximum atomic E-state index is 11.8. The Hall–Kier alpha value is -1.88. The molecule has 5 heteroatoms. The van der Waals surface area contributed by atoms with Crippen LogP contribution < -0.4 is 10.9 Å². The van der Waals surface area contributed by atoms with E-state index in [2.05, 4.69) is 27.9 Å². The molecule has 2 amide bonds. The number of benzene rings is 1. The Kier molecular flexibility index (Phi) is 2.76. The maximum absolute atomic E-state index is 11.8. The molecule has 18 heavy (non-hydrogen) atoms. The molecule has 2 aliphatic heterocycles. The van der Waals surface area contributed by atoms with Gasteiger partial charge in [-0.1, -0.05) is 24.3 Å². The smallest absolute Gasteiger partial charge is 0.256 e. The van der Waals surface area contributed by atoms with Crippen LogP contribution in [0.3, 0.4) is 0 Å². The predicted molar refractivity (Wildman–Crippen MR) is 65.2 cm³/mol. The number of amides is 2. The molecule has 0 bridgehead atoms. The highest BCUT2D eigenvalue weighted by molar-refractivity contribution is 5.93. The first-order valence-corrected chi connectivity index (χ1v) is 6.13. The SMILES string of the molecule is O=C1CC(N2CCc3ccccc3C2)C(=O)NN1. The number of fused-ring (bicyclic) bond motifs is 1. The Bertz CT molecular complexity index is 501. The van der Waals surface area contributed by atoms with Crippen LogP contribution >= 0.6 is 0 Å². The fourth-order valence-electron chi connectivity index (χ4n) is 2.61. The average molecular weight is 245 g/mol. The third-order valence-corrected chi connectivity index (χ3v) is 3.61. The van der Waals surface area contributed by atoms with Crippen molar-refractivity contribution in [3.8, 4) is 0 Å². The summed E-state index contributed by atoms with van der Waals surface area (Å²) in [6, 6.07) is 7.92. The molecule has 0 saturated carbocycles. The molecule has 3 rings (SSSR count). The van der Waals surface area contributed by atoms with Crippen LogP contribution in [0.2, 0.25) is 0 Å². The van der Waals surface area contributed by atoms with Gasteiger partial charge in [0.25, 0.3) is 5.91 Å². The lowest BCUT2D eigenvalue weighted by Crippen LogP contribution is -2.59. The van der Waals surface area contributed by atoms with Crippen LogP contribution in [0.25, 0.3) is 0 Å². The number of hydrazine groups is 1. The second-order valence-corrected chi connectivity index (χ2v) is 4.75. The number of hydrogen-bond donors (Lipinski definition) is 2. The Morgan fingerprint density at radius 1 is 1.11 bits per heavy atom. The molecule has 0 aliphatic carbocycles. The highest BCUT2D eigenvalue weighted by atomic mass is 16.2. The van der Waals surface area contributed by atoms with Gasteiger partial charge in [0.15, 0.2) is 0 Å². The van der Waals surface area contributed by atoms with Gasteiger partial charge in [-0.15, -0.1) is 0 Å². The molecule has 0 aromatic heterocycles. The third-order valence-electron chi connectivity index (χ3n) is 3.61. The summed E-state index contributed by atoms with van der Waals surface area (Å²) in [5.74, 6) is -0.243. The van der Waals surface area contributed by atoms with Gasteiger partial charge in [0.2, 0.25) is 5.91 Å². The van der Waals surface area contributed by atoms with Crippen molar-refractivity contribution in [2.45, 2.75) is 25.4 Å². The average Bonchev–Trinajstić information content (AvgIpc) is 2.41. The summed E-state index contributed by atoms with van der Waals surface area (Å²) < 4.78 is 0. The standard InChI is InChI=1S/C13H15N3O2/c17-12-7-11(13(18)15-14-12)16-6-5-9-3-1-2-4-10(9)8-16/h1-4,11H,5-8H2,(H,14,17)(H,15,18). The Morgan fingerprint density at radius 3 is 2.72 bits per heavy atom. The van der Waals surface area contributed by atoms with Crippen molar-refractivity contribution in [3.63, 3.8) is 0 Å². The summed E-state index contributed by atoms with van der Waals surface area (Å²) in [4.78, 5) is 25.2. The van der Waals surface area contributed by atoms with Crippen LogP contribution in [-0.4, -0.2) is 29.3 Å². The van der Waals surface area contributed by atoms with Crippen molar-refractivity contribution in [1.82, 2.24) is 15.8 Å². The van der Waals surface area contributed by atoms with Crippen LogP contribution in [0.5, 0.6) is 0 Å². The van der Waals surface area contributed by atoms with E-state index in [0.29, 0.717) is 0 Å². The Morgan fingerprint density at radius 2 is 1.89 bits per heavy atom. The van der Waals surface area contributed by atoms with Gasteiger partial charge < -0.3 is 0 Å². The van der Waals surface area contributed by atoms with E-state index in [1.807, 2.05) is 12.1 Å². The highest BCUT2D eigenvalue weighted by Gasteiger charge is 2.33. The lowest BCUT2D eigenvalue weighted by Gasteiger charge is -2.36. The zero-order chi connectivity index (χ0) is 12.5. The zero-order valence-electron chi connectivity index (χ0n) is 9.98. The number of nitrogens with zero attached hydrogens (tertiary/aromatic N) is 1. The van der Waals surface area contributed by atoms with E-state index in [0.717, 1.165) is 19.5 Å². The van der Waals surface area contributed by atoms with Gasteiger partial charge in [0.05, 0.1) is 6.42 Å². The van der Waals surface area contributed by atoms with Gasteiger partial charge in [0.1, 0.15) is 6.04 Å². The van der Waals surface area contributed by atoms with Crippen molar-refractivity contribution in [2.75, 3.05) is 6.54 Å². The van der Waals surface area contributed by atoms with E-state index >= 15 is 0 Å². The van der Waals surface area contributed by atoms with Crippen molar-refractivity contribution >= 4 is 11.8 Å². The van der Waals surface area contributed by atoms with Crippen LogP contribution in [-0.2, 0) is 22.6 Å². The summed E-state index contributed by atoms with van der Waals surface area (Å²) in [7, 11) is 0. The molecule has 0 spiro atoms. The number of rotatable bonds is 1. The minimum Gasteiger partial charge on any atom is -0.287 e. The van der Waals surface area contributed by atoms with E-state index in [4.69, 9.17) is 0 Å². The molecule has 1 aromatic rings. The second-order valence-electron chi connectivity index (χ2n) is 4.75. The fraction of sp³-hybridized carbons (Fsp3) is 0.385. The highest BCUT2D eigenvalue weighted by Crippen LogP contribution is 2.21. The van der Waals surface area contributed by atoms with E-state index in [1.165, 1.54) is 11.1 Å². The minimum atomic E-state index is -0.341. The summed E-state index contributed by atoms with van der Waals surface area (Å²) in [5, 5.41) is 0. The van der Waals surface area contributed by atoms with E-state index in [1.54, 1.807) is 0 Å². The first-order chi connectivity index (χ1) is 8.74. The molecule has 1 atom stereocenters. The first kappa shape index (κ1) is 11.2. The van der Waals surface area contributed by atoms with E-state index in [-0.39, 0.29) is 24.3 Å². The first-order valence-electron chi connectivity index (χ1n) is 6.13. The normalized spacial score (nSPS) is 24.1. The van der Waals surface area contributed by atoms with Crippen LogP contribution in [0, 0.1) is 0 Å². The van der Waals surface area contributed by atoms with Crippen LogP contribution in [0.4, 0.5) is 0 Å². The van der Waals surface area contributed by atoms with E-state index < -0.39 is 0 Å². The topological polar surface area (TPSA) is 61.4 Å². The quantitative estimate of drug-likeness (QED) is 0.730. The summed E-state index contributed by atoms with van der Waals surface area (Å²) in [6.45, 7) is 1.56. The second kappa shape index (κ2) is 4.42. The van der Waals surface area contributed by atoms with Crippen molar-refractivity contribution in [1.29, 1.82) is 0 Å². The van der Waals surface area contributed by atoms with Crippen LogP contribution in [0.1, 0.15) is 17.5 Å². The van der Waals surface area contributed by atoms with Gasteiger partial charge >= 0.3 is 0 Å². The van der Waals surface area contributed by atoms with Gasteiger partial charge in [-0.2, -0.15) is 0 Å². The minimum absolute atomic E-state index is 0.117. The number of carbonyl (C=O) groups excluding carboxylic acids is 2. The maximum Gasteiger partial charge on any atom is 0.256 e. The molecule has 2 heterocycles. The fourth-order valence-corrected chi connectivity index (χ4v) is 2.61. The zero-order valence-corrected chi connectivity index (χ0v) is 9.98. The summed E-state index contributed by atoms with van der Waals surface area (Å²) >= 11 is 0. The molecule has 94 valence electrons. The lowest BCUT2D eigenvalue weighted by atomic mass is 9.97. The monoisotopic (exact) mass is 245 g/mol. The molecular formula is C13H15N3O2. The number of hydrogen-bond acceptors (Lipinski definition) is 3. The molecule has 1 saturated heterocycles. The van der Waals surface area contributed by atoms with Crippen molar-refractivity contribution in [2.24, 2.45) is 0 Å². The summed E-state index contributed by atoms with van der Waals surface area (Å²) in [6.07, 6.45) is 1.18. The Labute approximate surface area is 105 Å². The third kappa shape index (κ3) is 1.97. The molecule has 0 radical (unpaired) electrons. The molecule has 2 N–H and O–H groups in total. The van der Waals surface area contributed by atoms with Gasteiger partial charge in [0, 0.05) is 13.1 Å². The van der Waals surface area contributed by atoms with Gasteiger partial charge in [-0.05, 0) is 17.5 Å². The van der Waals surface area contributed by atoms with Crippen molar-refractivity contribution in [3.05, 3.63) is 35.4 Å². The molecular weight excluding hydrogens is 230 g/mol. The molecule has 1 aromatic carbocycles. The van der Waals surface area contributed by atoms with Crippen molar-refractivity contribution < 1.29 is 9.59 Å². The molecule has 1 fully saturated rings. The summed E-state index contributed by atoms with van der Waals surface area (Å²) in [5.41, 5.74) is 7.37. The largest absolute Gasteiger partial charge is 0.287 e. The van der Waals surface area contributed by atoms with Crippen LogP contribution in [0.15, 0.2) is 24.3 Å². The predicted octanol–water partition coefficient (Wildman–Crippen LogP) is -0.0356. The lowest BCUT2D eigenvalue weighted by molar-refractivity contribution is -0.139. The number of carbonyl (C=O) groups is 2. The molecule has 5 nitrogen and oxygen atoms in total. The van der Waals surface area contributed by atoms with Gasteiger partial charge in [-0.3, -0.25) is 25.3 Å². The van der Waals surface area contributed by atoms with Gasteiger partial charge in [-0.25, -0.2) is 0 Å².